The summed E-state index contributed by atoms with van der Waals surface area (Å²) in [6, 6.07) is 11.8. The number of nitrogens with one attached hydrogen (secondary N) is 3. The maximum absolute atomic E-state index is 14.2. The van der Waals surface area contributed by atoms with E-state index in [4.69, 9.17) is 4.74 Å². The summed E-state index contributed by atoms with van der Waals surface area (Å²) in [5.74, 6) is -0.279. The lowest BCUT2D eigenvalue weighted by Crippen LogP contribution is -2.20. The molecular weight excluding hydrogens is 492 g/mol. The number of carbonyl (C=O) groups is 1. The monoisotopic (exact) mass is 508 g/mol. The summed E-state index contributed by atoms with van der Waals surface area (Å²) in [6.07, 6.45) is 0.349. The molecule has 5 aromatic rings. The number of urea groups is 1. The number of ether oxygens (including phenoxy) is 1. The van der Waals surface area contributed by atoms with Gasteiger partial charge in [-0.25, -0.2) is 14.2 Å². The Kier molecular flexibility index (Phi) is 6.14. The molecule has 0 aliphatic rings. The number of carbonyl (C=O) groups excluding carboxylic acids is 1. The van der Waals surface area contributed by atoms with E-state index < -0.39 is 23.6 Å². The van der Waals surface area contributed by atoms with Crippen molar-refractivity contribution in [2.45, 2.75) is 6.18 Å². The van der Waals surface area contributed by atoms with Crippen molar-refractivity contribution in [3.8, 4) is 22.8 Å². The molecular formula is C25H16F4N6O2. The lowest BCUT2D eigenvalue weighted by Gasteiger charge is -2.12. The second-order valence-electron chi connectivity index (χ2n) is 7.83. The van der Waals surface area contributed by atoms with E-state index in [1.54, 1.807) is 36.8 Å². The van der Waals surface area contributed by atoms with Crippen molar-refractivity contribution in [2.24, 2.45) is 0 Å². The van der Waals surface area contributed by atoms with Gasteiger partial charge in [-0.15, -0.1) is 0 Å². The number of fused-ring (bicyclic) bond motifs is 1. The van der Waals surface area contributed by atoms with Crippen LogP contribution >= 0.6 is 0 Å². The van der Waals surface area contributed by atoms with Gasteiger partial charge in [-0.1, -0.05) is 6.07 Å². The first-order chi connectivity index (χ1) is 17.7. The summed E-state index contributed by atoms with van der Waals surface area (Å²) in [5, 5.41) is 11.3. The van der Waals surface area contributed by atoms with E-state index in [-0.39, 0.29) is 17.1 Å². The van der Waals surface area contributed by atoms with Gasteiger partial charge in [0.1, 0.15) is 17.3 Å². The average Bonchev–Trinajstić information content (AvgIpc) is 3.38. The summed E-state index contributed by atoms with van der Waals surface area (Å²) in [6.45, 7) is 0. The van der Waals surface area contributed by atoms with Gasteiger partial charge in [0.05, 0.1) is 34.7 Å². The second-order valence-corrected chi connectivity index (χ2v) is 7.83. The van der Waals surface area contributed by atoms with Crippen LogP contribution in [0.15, 0.2) is 79.3 Å². The smallest absolute Gasteiger partial charge is 0.416 e. The molecule has 0 aliphatic heterocycles. The highest BCUT2D eigenvalue weighted by atomic mass is 19.4. The van der Waals surface area contributed by atoms with E-state index in [1.807, 2.05) is 0 Å². The number of hydrogen-bond acceptors (Lipinski definition) is 5. The van der Waals surface area contributed by atoms with E-state index in [9.17, 15) is 22.4 Å². The van der Waals surface area contributed by atoms with Crippen LogP contribution < -0.4 is 15.4 Å². The van der Waals surface area contributed by atoms with Gasteiger partial charge in [0.2, 0.25) is 0 Å². The number of H-pyrrole nitrogens is 1. The standard InChI is InChI=1S/C25H16F4N6O2/c26-16-7-18(34-24(36)33-17-3-1-2-15(6-17)25(27,28)29)9-20(8-16)37-19-4-5-21-22(10-19)35-23(13-30-21)14-11-31-32-12-14/h1-13H,(H,31,32)(H2,33,34,36). The van der Waals surface area contributed by atoms with Gasteiger partial charge >= 0.3 is 12.2 Å². The van der Waals surface area contributed by atoms with E-state index >= 15 is 0 Å². The summed E-state index contributed by atoms with van der Waals surface area (Å²) in [5.41, 5.74) is 1.55. The molecule has 37 heavy (non-hydrogen) atoms. The van der Waals surface area contributed by atoms with Crippen molar-refractivity contribution in [1.82, 2.24) is 20.2 Å². The molecule has 0 radical (unpaired) electrons. The first kappa shape index (κ1) is 23.7. The fraction of sp³-hybridized carbons (Fsp3) is 0.0400. The molecule has 2 heterocycles. The number of alkyl halides is 3. The maximum atomic E-state index is 14.2. The molecule has 3 aromatic carbocycles. The van der Waals surface area contributed by atoms with Gasteiger partial charge in [0.25, 0.3) is 0 Å². The van der Waals surface area contributed by atoms with Gasteiger partial charge in [-0.2, -0.15) is 18.3 Å². The summed E-state index contributed by atoms with van der Waals surface area (Å²) in [4.78, 5) is 21.2. The van der Waals surface area contributed by atoms with Crippen molar-refractivity contribution in [1.29, 1.82) is 0 Å². The molecule has 0 fully saturated rings. The number of benzene rings is 3. The number of anilines is 2. The summed E-state index contributed by atoms with van der Waals surface area (Å²) < 4.78 is 58.7. The van der Waals surface area contributed by atoms with Gasteiger partial charge in [0.15, 0.2) is 0 Å². The van der Waals surface area contributed by atoms with Crippen molar-refractivity contribution in [3.05, 3.63) is 90.6 Å². The first-order valence-electron chi connectivity index (χ1n) is 10.7. The lowest BCUT2D eigenvalue weighted by molar-refractivity contribution is -0.137. The highest BCUT2D eigenvalue weighted by Gasteiger charge is 2.30. The number of halogens is 4. The Morgan fingerprint density at radius 1 is 0.892 bits per heavy atom. The zero-order valence-electron chi connectivity index (χ0n) is 18.7. The predicted octanol–water partition coefficient (Wildman–Crippen LogP) is 6.61. The van der Waals surface area contributed by atoms with E-state index in [0.717, 1.165) is 29.8 Å². The molecule has 2 aromatic heterocycles. The van der Waals surface area contributed by atoms with E-state index in [2.05, 4.69) is 30.8 Å². The normalized spacial score (nSPS) is 11.4. The third-order valence-corrected chi connectivity index (χ3v) is 5.12. The van der Waals surface area contributed by atoms with Crippen LogP contribution in [0.1, 0.15) is 5.56 Å². The van der Waals surface area contributed by atoms with Crippen molar-refractivity contribution >= 4 is 28.4 Å². The number of amides is 2. The highest BCUT2D eigenvalue weighted by molar-refractivity contribution is 5.99. The Hall–Kier alpha value is -5.00. The molecule has 0 spiro atoms. The van der Waals surface area contributed by atoms with E-state index in [0.29, 0.717) is 22.5 Å². The van der Waals surface area contributed by atoms with Crippen LogP contribution in [0.4, 0.5) is 33.7 Å². The quantitative estimate of drug-likeness (QED) is 0.232. The largest absolute Gasteiger partial charge is 0.457 e. The molecule has 12 heteroatoms. The molecule has 2 amide bonds. The number of aromatic nitrogens is 4. The van der Waals surface area contributed by atoms with Crippen LogP contribution in [-0.2, 0) is 6.18 Å². The molecule has 0 aliphatic carbocycles. The van der Waals surface area contributed by atoms with Crippen LogP contribution in [-0.4, -0.2) is 26.2 Å². The molecule has 0 saturated heterocycles. The predicted molar refractivity (Wildman–Crippen MR) is 128 cm³/mol. The first-order valence-corrected chi connectivity index (χ1v) is 10.7. The third kappa shape index (κ3) is 5.64. The Morgan fingerprint density at radius 3 is 2.51 bits per heavy atom. The zero-order valence-corrected chi connectivity index (χ0v) is 18.7. The minimum atomic E-state index is -4.56. The van der Waals surface area contributed by atoms with Gasteiger partial charge in [-0.05, 0) is 36.4 Å². The Bertz CT molecular complexity index is 1590. The van der Waals surface area contributed by atoms with Gasteiger partial charge in [-0.3, -0.25) is 10.1 Å². The summed E-state index contributed by atoms with van der Waals surface area (Å²) >= 11 is 0. The van der Waals surface area contributed by atoms with E-state index in [1.165, 1.54) is 18.2 Å². The molecule has 8 nitrogen and oxygen atoms in total. The van der Waals surface area contributed by atoms with Crippen LogP contribution in [0, 0.1) is 5.82 Å². The molecule has 0 bridgehead atoms. The van der Waals surface area contributed by atoms with Crippen LogP contribution in [0.3, 0.4) is 0 Å². The second kappa shape index (κ2) is 9.57. The van der Waals surface area contributed by atoms with Gasteiger partial charge < -0.3 is 15.4 Å². The molecule has 3 N–H and O–H groups in total. The number of rotatable bonds is 5. The topological polar surface area (TPSA) is 105 Å². The molecule has 0 atom stereocenters. The molecule has 0 saturated carbocycles. The Balaban J connectivity index is 1.32. The molecule has 0 unspecified atom stereocenters. The summed E-state index contributed by atoms with van der Waals surface area (Å²) in [7, 11) is 0. The number of aromatic amines is 1. The minimum absolute atomic E-state index is 0.0299. The van der Waals surface area contributed by atoms with Crippen molar-refractivity contribution < 1.29 is 27.1 Å². The molecule has 186 valence electrons. The lowest BCUT2D eigenvalue weighted by atomic mass is 10.2. The zero-order chi connectivity index (χ0) is 26.0. The fourth-order valence-corrected chi connectivity index (χ4v) is 3.48. The Morgan fingerprint density at radius 2 is 1.73 bits per heavy atom. The number of nitrogens with zero attached hydrogens (tertiary/aromatic N) is 3. The van der Waals surface area contributed by atoms with Crippen molar-refractivity contribution in [3.63, 3.8) is 0 Å². The molecule has 5 rings (SSSR count). The fourth-order valence-electron chi connectivity index (χ4n) is 3.48. The SMILES string of the molecule is O=C(Nc1cc(F)cc(Oc2ccc3ncc(-c4cn[nH]c4)nc3c2)c1)Nc1cccc(C(F)(F)F)c1. The minimum Gasteiger partial charge on any atom is -0.457 e. The Labute approximate surface area is 206 Å². The number of hydrogen-bond donors (Lipinski definition) is 3. The van der Waals surface area contributed by atoms with Crippen molar-refractivity contribution in [2.75, 3.05) is 10.6 Å². The van der Waals surface area contributed by atoms with Crippen LogP contribution in [0.2, 0.25) is 0 Å². The third-order valence-electron chi connectivity index (χ3n) is 5.12. The maximum Gasteiger partial charge on any atom is 0.416 e. The van der Waals surface area contributed by atoms with Gasteiger partial charge in [0, 0.05) is 41.3 Å². The average molecular weight is 508 g/mol. The van der Waals surface area contributed by atoms with Crippen LogP contribution in [0.25, 0.3) is 22.3 Å². The highest BCUT2D eigenvalue weighted by Crippen LogP contribution is 2.31. The van der Waals surface area contributed by atoms with Crippen LogP contribution in [0.5, 0.6) is 11.5 Å².